The lowest BCUT2D eigenvalue weighted by Gasteiger charge is -2.19. The number of rotatable bonds is 6. The minimum atomic E-state index is -0.575. The van der Waals surface area contributed by atoms with Crippen molar-refractivity contribution < 1.29 is 9.90 Å². The van der Waals surface area contributed by atoms with E-state index in [1.165, 1.54) is 0 Å². The van der Waals surface area contributed by atoms with E-state index in [1.54, 1.807) is 19.2 Å². The van der Waals surface area contributed by atoms with Gasteiger partial charge in [-0.3, -0.25) is 9.78 Å². The molecule has 1 atom stereocenters. The molecule has 106 valence electrons. The zero-order valence-electron chi connectivity index (χ0n) is 12.1. The molecule has 0 radical (unpaired) electrons. The summed E-state index contributed by atoms with van der Waals surface area (Å²) in [4.78, 5) is 17.7. The molecular weight excluding hydrogens is 242 g/mol. The summed E-state index contributed by atoms with van der Waals surface area (Å²) in [7, 11) is 1.84. The lowest BCUT2D eigenvalue weighted by Crippen LogP contribution is -2.36. The largest absolute Gasteiger partial charge is 0.387 e. The van der Waals surface area contributed by atoms with Crippen LogP contribution in [0.3, 0.4) is 0 Å². The van der Waals surface area contributed by atoms with Crippen LogP contribution in [0.2, 0.25) is 0 Å². The van der Waals surface area contributed by atoms with Crippen molar-refractivity contribution in [2.45, 2.75) is 26.9 Å². The molecule has 5 heteroatoms. The number of carbonyl (C=O) groups excluding carboxylic acids is 1. The second-order valence-corrected chi connectivity index (χ2v) is 5.17. The molecule has 0 aliphatic heterocycles. The smallest absolute Gasteiger partial charge is 0.239 e. The molecule has 1 aromatic heterocycles. The Balaban J connectivity index is 2.53. The third-order valence-corrected chi connectivity index (χ3v) is 2.73. The van der Waals surface area contributed by atoms with Gasteiger partial charge in [-0.2, -0.15) is 0 Å². The first-order valence-corrected chi connectivity index (χ1v) is 6.52. The fourth-order valence-electron chi connectivity index (χ4n) is 1.55. The van der Waals surface area contributed by atoms with Crippen molar-refractivity contribution in [1.82, 2.24) is 10.3 Å². The summed E-state index contributed by atoms with van der Waals surface area (Å²) >= 11 is 0. The van der Waals surface area contributed by atoms with Crippen LogP contribution in [-0.4, -0.2) is 36.1 Å². The summed E-state index contributed by atoms with van der Waals surface area (Å²) in [5.41, 5.74) is 1.48. The maximum atomic E-state index is 11.7. The number of anilines is 1. The van der Waals surface area contributed by atoms with Crippen molar-refractivity contribution in [2.24, 2.45) is 5.92 Å². The SMILES string of the molecule is CC(C)CNC(=O)CN(C)c1ccc(C(C)O)nc1. The Kier molecular flexibility index (Phi) is 5.76. The third kappa shape index (κ3) is 5.26. The molecule has 0 saturated heterocycles. The minimum absolute atomic E-state index is 0.00389. The monoisotopic (exact) mass is 265 g/mol. The standard InChI is InChI=1S/C14H23N3O2/c1-10(2)7-16-14(19)9-17(4)12-5-6-13(11(3)18)15-8-12/h5-6,8,10-11,18H,7,9H2,1-4H3,(H,16,19). The topological polar surface area (TPSA) is 65.5 Å². The molecule has 0 bridgehead atoms. The van der Waals surface area contributed by atoms with Crippen LogP contribution < -0.4 is 10.2 Å². The molecule has 5 nitrogen and oxygen atoms in total. The van der Waals surface area contributed by atoms with E-state index >= 15 is 0 Å². The van der Waals surface area contributed by atoms with Crippen LogP contribution >= 0.6 is 0 Å². The highest BCUT2D eigenvalue weighted by Gasteiger charge is 2.09. The van der Waals surface area contributed by atoms with E-state index in [4.69, 9.17) is 0 Å². The number of nitrogens with one attached hydrogen (secondary N) is 1. The molecule has 0 saturated carbocycles. The van der Waals surface area contributed by atoms with Crippen LogP contribution in [0.25, 0.3) is 0 Å². The second kappa shape index (κ2) is 7.09. The Labute approximate surface area is 114 Å². The van der Waals surface area contributed by atoms with Gasteiger partial charge in [0.05, 0.1) is 30.2 Å². The van der Waals surface area contributed by atoms with Gasteiger partial charge in [0.1, 0.15) is 0 Å². The average Bonchev–Trinajstić information content (AvgIpc) is 2.36. The van der Waals surface area contributed by atoms with Crippen LogP contribution in [0.5, 0.6) is 0 Å². The second-order valence-electron chi connectivity index (χ2n) is 5.17. The Morgan fingerprint density at radius 2 is 2.11 bits per heavy atom. The zero-order chi connectivity index (χ0) is 14.4. The zero-order valence-corrected chi connectivity index (χ0v) is 12.1. The number of hydrogen-bond donors (Lipinski definition) is 2. The molecule has 1 aromatic rings. The molecule has 0 aliphatic carbocycles. The molecule has 1 heterocycles. The maximum Gasteiger partial charge on any atom is 0.239 e. The van der Waals surface area contributed by atoms with Gasteiger partial charge in [-0.1, -0.05) is 13.8 Å². The minimum Gasteiger partial charge on any atom is -0.387 e. The van der Waals surface area contributed by atoms with Crippen molar-refractivity contribution in [2.75, 3.05) is 25.0 Å². The highest BCUT2D eigenvalue weighted by atomic mass is 16.3. The Bertz CT molecular complexity index is 402. The number of likely N-dealkylation sites (N-methyl/N-ethyl adjacent to an activating group) is 1. The summed E-state index contributed by atoms with van der Waals surface area (Å²) in [5, 5.41) is 12.3. The van der Waals surface area contributed by atoms with Crippen LogP contribution in [0.1, 0.15) is 32.6 Å². The van der Waals surface area contributed by atoms with Gasteiger partial charge in [-0.25, -0.2) is 0 Å². The number of aromatic nitrogens is 1. The lowest BCUT2D eigenvalue weighted by atomic mass is 10.2. The quantitative estimate of drug-likeness (QED) is 0.814. The first-order valence-electron chi connectivity index (χ1n) is 6.52. The van der Waals surface area contributed by atoms with Crippen molar-refractivity contribution in [3.8, 4) is 0 Å². The number of nitrogens with zero attached hydrogens (tertiary/aromatic N) is 2. The van der Waals surface area contributed by atoms with Gasteiger partial charge in [0.2, 0.25) is 5.91 Å². The number of pyridine rings is 1. The van der Waals surface area contributed by atoms with E-state index in [9.17, 15) is 9.90 Å². The van der Waals surface area contributed by atoms with Crippen molar-refractivity contribution in [3.63, 3.8) is 0 Å². The number of carbonyl (C=O) groups is 1. The number of amides is 1. The van der Waals surface area contributed by atoms with Gasteiger partial charge in [-0.05, 0) is 25.0 Å². The van der Waals surface area contributed by atoms with Gasteiger partial charge in [0.25, 0.3) is 0 Å². The van der Waals surface area contributed by atoms with Crippen molar-refractivity contribution in [1.29, 1.82) is 0 Å². The summed E-state index contributed by atoms with van der Waals surface area (Å²) < 4.78 is 0. The average molecular weight is 265 g/mol. The molecule has 1 amide bonds. The summed E-state index contributed by atoms with van der Waals surface area (Å²) in [6.45, 7) is 6.77. The van der Waals surface area contributed by atoms with E-state index in [1.807, 2.05) is 18.0 Å². The molecule has 19 heavy (non-hydrogen) atoms. The number of aliphatic hydroxyl groups is 1. The van der Waals surface area contributed by atoms with Gasteiger partial charge in [0.15, 0.2) is 0 Å². The van der Waals surface area contributed by atoms with Gasteiger partial charge in [0, 0.05) is 13.6 Å². The van der Waals surface area contributed by atoms with E-state index in [2.05, 4.69) is 24.1 Å². The third-order valence-electron chi connectivity index (χ3n) is 2.73. The predicted molar refractivity (Wildman–Crippen MR) is 76.0 cm³/mol. The predicted octanol–water partition coefficient (Wildman–Crippen LogP) is 1.34. The molecule has 0 fully saturated rings. The van der Waals surface area contributed by atoms with E-state index in [0.29, 0.717) is 24.7 Å². The fraction of sp³-hybridized carbons (Fsp3) is 0.571. The summed E-state index contributed by atoms with van der Waals surface area (Å²) in [5.74, 6) is 0.442. The van der Waals surface area contributed by atoms with Crippen molar-refractivity contribution >= 4 is 11.6 Å². The first kappa shape index (κ1) is 15.4. The molecule has 0 aromatic carbocycles. The molecule has 1 unspecified atom stereocenters. The fourth-order valence-corrected chi connectivity index (χ4v) is 1.55. The van der Waals surface area contributed by atoms with Gasteiger partial charge < -0.3 is 15.3 Å². The van der Waals surface area contributed by atoms with Crippen LogP contribution in [0, 0.1) is 5.92 Å². The van der Waals surface area contributed by atoms with Crippen LogP contribution in [-0.2, 0) is 4.79 Å². The van der Waals surface area contributed by atoms with E-state index < -0.39 is 6.10 Å². The number of hydrogen-bond acceptors (Lipinski definition) is 4. The van der Waals surface area contributed by atoms with Gasteiger partial charge >= 0.3 is 0 Å². The van der Waals surface area contributed by atoms with E-state index in [-0.39, 0.29) is 5.91 Å². The van der Waals surface area contributed by atoms with Crippen LogP contribution in [0.15, 0.2) is 18.3 Å². The molecule has 0 aliphatic rings. The number of aliphatic hydroxyl groups excluding tert-OH is 1. The molecule has 0 spiro atoms. The first-order chi connectivity index (χ1) is 8.90. The highest BCUT2D eigenvalue weighted by molar-refractivity contribution is 5.81. The lowest BCUT2D eigenvalue weighted by molar-refractivity contribution is -0.119. The Morgan fingerprint density at radius 1 is 1.42 bits per heavy atom. The van der Waals surface area contributed by atoms with Gasteiger partial charge in [-0.15, -0.1) is 0 Å². The maximum absolute atomic E-state index is 11.7. The molecular formula is C14H23N3O2. The normalized spacial score (nSPS) is 12.3. The Hall–Kier alpha value is -1.62. The van der Waals surface area contributed by atoms with E-state index in [0.717, 1.165) is 5.69 Å². The van der Waals surface area contributed by atoms with Crippen LogP contribution in [0.4, 0.5) is 5.69 Å². The molecule has 1 rings (SSSR count). The summed E-state index contributed by atoms with van der Waals surface area (Å²) in [6.07, 6.45) is 1.09. The Morgan fingerprint density at radius 3 is 2.58 bits per heavy atom. The highest BCUT2D eigenvalue weighted by Crippen LogP contribution is 2.14. The summed E-state index contributed by atoms with van der Waals surface area (Å²) in [6, 6.07) is 3.62. The molecule has 2 N–H and O–H groups in total. The van der Waals surface area contributed by atoms with Crippen molar-refractivity contribution in [3.05, 3.63) is 24.0 Å².